The molecule has 0 aliphatic heterocycles. The lowest BCUT2D eigenvalue weighted by Gasteiger charge is -2.32. The molecule has 1 fully saturated rings. The van der Waals surface area contributed by atoms with Gasteiger partial charge in [0.05, 0.1) is 7.11 Å². The SMILES string of the molecule is CCCNc1ncnc(NC2CC(C)CC(C)C2)c1OC. The molecule has 21 heavy (non-hydrogen) atoms. The Labute approximate surface area is 127 Å². The fourth-order valence-corrected chi connectivity index (χ4v) is 3.30. The highest BCUT2D eigenvalue weighted by molar-refractivity contribution is 5.63. The first kappa shape index (κ1) is 15.9. The maximum absolute atomic E-state index is 5.52. The van der Waals surface area contributed by atoms with E-state index in [1.54, 1.807) is 13.4 Å². The largest absolute Gasteiger partial charge is 0.490 e. The van der Waals surface area contributed by atoms with Crippen LogP contribution >= 0.6 is 0 Å². The summed E-state index contributed by atoms with van der Waals surface area (Å²) in [4.78, 5) is 8.66. The maximum atomic E-state index is 5.52. The van der Waals surface area contributed by atoms with Crippen LogP contribution in [0.2, 0.25) is 0 Å². The minimum Gasteiger partial charge on any atom is -0.490 e. The zero-order valence-corrected chi connectivity index (χ0v) is 13.6. The van der Waals surface area contributed by atoms with Crippen LogP contribution in [0.3, 0.4) is 0 Å². The monoisotopic (exact) mass is 292 g/mol. The number of rotatable bonds is 6. The number of hydrogen-bond donors (Lipinski definition) is 2. The third-order valence-electron chi connectivity index (χ3n) is 4.07. The molecule has 5 heteroatoms. The molecule has 5 nitrogen and oxygen atoms in total. The number of anilines is 2. The molecule has 1 saturated carbocycles. The second-order valence-corrected chi connectivity index (χ2v) is 6.29. The van der Waals surface area contributed by atoms with Gasteiger partial charge in [0.15, 0.2) is 11.6 Å². The summed E-state index contributed by atoms with van der Waals surface area (Å²) in [6, 6.07) is 0.464. The van der Waals surface area contributed by atoms with Crippen molar-refractivity contribution in [2.75, 3.05) is 24.3 Å². The second kappa shape index (κ2) is 7.48. The summed E-state index contributed by atoms with van der Waals surface area (Å²) in [5.41, 5.74) is 0. The van der Waals surface area contributed by atoms with E-state index < -0.39 is 0 Å². The first-order valence-electron chi connectivity index (χ1n) is 8.03. The number of nitrogens with one attached hydrogen (secondary N) is 2. The van der Waals surface area contributed by atoms with E-state index in [4.69, 9.17) is 4.74 Å². The predicted octanol–water partition coefficient (Wildman–Crippen LogP) is 3.54. The van der Waals surface area contributed by atoms with Crippen LogP contribution in [-0.2, 0) is 0 Å². The molecule has 1 aromatic rings. The molecule has 1 aromatic heterocycles. The Morgan fingerprint density at radius 1 is 1.14 bits per heavy atom. The molecule has 2 unspecified atom stereocenters. The lowest BCUT2D eigenvalue weighted by molar-refractivity contribution is 0.280. The van der Waals surface area contributed by atoms with E-state index in [0.717, 1.165) is 42.2 Å². The Morgan fingerprint density at radius 2 is 1.81 bits per heavy atom. The molecular weight excluding hydrogens is 264 g/mol. The van der Waals surface area contributed by atoms with Gasteiger partial charge in [0.25, 0.3) is 0 Å². The van der Waals surface area contributed by atoms with E-state index in [0.29, 0.717) is 6.04 Å². The van der Waals surface area contributed by atoms with Crippen LogP contribution in [-0.4, -0.2) is 29.7 Å². The summed E-state index contributed by atoms with van der Waals surface area (Å²) in [5, 5.41) is 6.85. The quantitative estimate of drug-likeness (QED) is 0.839. The Morgan fingerprint density at radius 3 is 2.43 bits per heavy atom. The summed E-state index contributed by atoms with van der Waals surface area (Å²) in [6.07, 6.45) is 6.35. The van der Waals surface area contributed by atoms with Crippen molar-refractivity contribution in [3.05, 3.63) is 6.33 Å². The topological polar surface area (TPSA) is 59.1 Å². The Hall–Kier alpha value is -1.52. The molecule has 1 heterocycles. The minimum absolute atomic E-state index is 0.464. The average Bonchev–Trinajstić information content (AvgIpc) is 2.44. The van der Waals surface area contributed by atoms with Crippen LogP contribution in [0, 0.1) is 11.8 Å². The van der Waals surface area contributed by atoms with Crippen LogP contribution in [0.5, 0.6) is 5.75 Å². The average molecular weight is 292 g/mol. The van der Waals surface area contributed by atoms with Crippen molar-refractivity contribution < 1.29 is 4.74 Å². The van der Waals surface area contributed by atoms with E-state index in [1.165, 1.54) is 19.3 Å². The molecule has 0 saturated heterocycles. The lowest BCUT2D eigenvalue weighted by atomic mass is 9.80. The van der Waals surface area contributed by atoms with Crippen LogP contribution in [0.1, 0.15) is 46.5 Å². The summed E-state index contributed by atoms with van der Waals surface area (Å²) in [7, 11) is 1.67. The highest BCUT2D eigenvalue weighted by Gasteiger charge is 2.25. The van der Waals surface area contributed by atoms with Crippen LogP contribution in [0.4, 0.5) is 11.6 Å². The van der Waals surface area contributed by atoms with E-state index in [-0.39, 0.29) is 0 Å². The summed E-state index contributed by atoms with van der Waals surface area (Å²) < 4.78 is 5.52. The van der Waals surface area contributed by atoms with Gasteiger partial charge < -0.3 is 15.4 Å². The predicted molar refractivity (Wildman–Crippen MR) is 87.0 cm³/mol. The molecule has 0 bridgehead atoms. The van der Waals surface area contributed by atoms with Gasteiger partial charge in [0, 0.05) is 12.6 Å². The number of aromatic nitrogens is 2. The molecule has 2 N–H and O–H groups in total. The van der Waals surface area contributed by atoms with Crippen molar-refractivity contribution in [2.45, 2.75) is 52.5 Å². The maximum Gasteiger partial charge on any atom is 0.204 e. The number of nitrogens with zero attached hydrogens (tertiary/aromatic N) is 2. The Balaban J connectivity index is 2.11. The highest BCUT2D eigenvalue weighted by atomic mass is 16.5. The zero-order chi connectivity index (χ0) is 15.2. The van der Waals surface area contributed by atoms with Gasteiger partial charge >= 0.3 is 0 Å². The molecule has 1 aliphatic rings. The summed E-state index contributed by atoms with van der Waals surface area (Å²) in [6.45, 7) is 7.67. The minimum atomic E-state index is 0.464. The number of ether oxygens (including phenoxy) is 1. The molecule has 0 aromatic carbocycles. The molecule has 2 atom stereocenters. The van der Waals surface area contributed by atoms with Gasteiger partial charge in [-0.05, 0) is 37.5 Å². The van der Waals surface area contributed by atoms with Gasteiger partial charge in [-0.3, -0.25) is 0 Å². The normalized spacial score (nSPS) is 25.4. The lowest BCUT2D eigenvalue weighted by Crippen LogP contribution is -2.30. The summed E-state index contributed by atoms with van der Waals surface area (Å²) in [5.74, 6) is 3.82. The Bertz CT molecular complexity index is 442. The van der Waals surface area contributed by atoms with Gasteiger partial charge in [0.1, 0.15) is 6.33 Å². The number of hydrogen-bond acceptors (Lipinski definition) is 5. The third kappa shape index (κ3) is 4.22. The molecule has 118 valence electrons. The van der Waals surface area contributed by atoms with Crippen LogP contribution in [0.15, 0.2) is 6.33 Å². The third-order valence-corrected chi connectivity index (χ3v) is 4.07. The van der Waals surface area contributed by atoms with Gasteiger partial charge in [-0.1, -0.05) is 20.8 Å². The van der Waals surface area contributed by atoms with E-state index >= 15 is 0 Å². The van der Waals surface area contributed by atoms with Crippen LogP contribution in [0.25, 0.3) is 0 Å². The number of methoxy groups -OCH3 is 1. The van der Waals surface area contributed by atoms with Crippen molar-refractivity contribution >= 4 is 11.6 Å². The van der Waals surface area contributed by atoms with Gasteiger partial charge in [0.2, 0.25) is 5.75 Å². The smallest absolute Gasteiger partial charge is 0.204 e. The van der Waals surface area contributed by atoms with Gasteiger partial charge in [-0.25, -0.2) is 9.97 Å². The second-order valence-electron chi connectivity index (χ2n) is 6.29. The van der Waals surface area contributed by atoms with Crippen molar-refractivity contribution in [1.29, 1.82) is 0 Å². The Kier molecular flexibility index (Phi) is 5.65. The fourth-order valence-electron chi connectivity index (χ4n) is 3.30. The summed E-state index contributed by atoms with van der Waals surface area (Å²) >= 11 is 0. The molecule has 0 radical (unpaired) electrons. The fraction of sp³-hybridized carbons (Fsp3) is 0.750. The highest BCUT2D eigenvalue weighted by Crippen LogP contribution is 2.34. The van der Waals surface area contributed by atoms with E-state index in [9.17, 15) is 0 Å². The van der Waals surface area contributed by atoms with Crippen molar-refractivity contribution in [3.8, 4) is 5.75 Å². The van der Waals surface area contributed by atoms with Crippen molar-refractivity contribution in [2.24, 2.45) is 11.8 Å². The molecule has 1 aliphatic carbocycles. The van der Waals surface area contributed by atoms with Crippen molar-refractivity contribution in [1.82, 2.24) is 9.97 Å². The molecule has 2 rings (SSSR count). The molecular formula is C16H28N4O. The molecule has 0 amide bonds. The first-order valence-corrected chi connectivity index (χ1v) is 8.03. The molecule has 0 spiro atoms. The zero-order valence-electron chi connectivity index (χ0n) is 13.6. The van der Waals surface area contributed by atoms with Gasteiger partial charge in [-0.15, -0.1) is 0 Å². The van der Waals surface area contributed by atoms with Crippen molar-refractivity contribution in [3.63, 3.8) is 0 Å². The standard InChI is InChI=1S/C16H28N4O/c1-5-6-17-15-14(21-4)16(19-10-18-15)20-13-8-11(2)7-12(3)9-13/h10-13H,5-9H2,1-4H3,(H2,17,18,19,20). The van der Waals surface area contributed by atoms with E-state index in [1.807, 2.05) is 0 Å². The van der Waals surface area contributed by atoms with E-state index in [2.05, 4.69) is 41.4 Å². The van der Waals surface area contributed by atoms with Gasteiger partial charge in [-0.2, -0.15) is 0 Å². The van der Waals surface area contributed by atoms with Crippen LogP contribution < -0.4 is 15.4 Å². The first-order chi connectivity index (χ1) is 10.1.